The molecule has 0 aromatic carbocycles. The van der Waals surface area contributed by atoms with Gasteiger partial charge in [-0.25, -0.2) is 0 Å². The Morgan fingerprint density at radius 1 is 1.83 bits per heavy atom. The summed E-state index contributed by atoms with van der Waals surface area (Å²) in [6.07, 6.45) is 0.490. The highest BCUT2D eigenvalue weighted by atomic mass is 14.7. The van der Waals surface area contributed by atoms with E-state index in [4.69, 9.17) is 5.26 Å². The van der Waals surface area contributed by atoms with Gasteiger partial charge in [0.05, 0.1) is 19.0 Å². The summed E-state index contributed by atoms with van der Waals surface area (Å²) in [5.41, 5.74) is 0. The summed E-state index contributed by atoms with van der Waals surface area (Å²) in [4.78, 5) is 3.45. The smallest absolute Gasteiger partial charge is 0.0641 e. The minimum Gasteiger partial charge on any atom is -0.300 e. The summed E-state index contributed by atoms with van der Waals surface area (Å²) in [6, 6.07) is 1.93. The van der Waals surface area contributed by atoms with Gasteiger partial charge in [0.25, 0.3) is 0 Å². The SMILES string of the molecule is C=NCCC#N. The third kappa shape index (κ3) is 3.16. The van der Waals surface area contributed by atoms with Crippen molar-refractivity contribution in [3.63, 3.8) is 0 Å². The zero-order valence-corrected chi connectivity index (χ0v) is 3.52. The van der Waals surface area contributed by atoms with E-state index in [-0.39, 0.29) is 0 Å². The van der Waals surface area contributed by atoms with Gasteiger partial charge >= 0.3 is 0 Å². The zero-order valence-electron chi connectivity index (χ0n) is 3.52. The first-order valence-electron chi connectivity index (χ1n) is 1.71. The molecule has 32 valence electrons. The van der Waals surface area contributed by atoms with Crippen LogP contribution in [0.15, 0.2) is 4.99 Å². The minimum atomic E-state index is 0.490. The van der Waals surface area contributed by atoms with Crippen LogP contribution in [0.25, 0.3) is 0 Å². The predicted octanol–water partition coefficient (Wildman–Crippen LogP) is 0.601. The molecule has 2 heteroatoms. The lowest BCUT2D eigenvalue weighted by Crippen LogP contribution is -1.70. The maximum atomic E-state index is 7.86. The minimum absolute atomic E-state index is 0.490. The van der Waals surface area contributed by atoms with E-state index in [9.17, 15) is 0 Å². The van der Waals surface area contributed by atoms with Crippen molar-refractivity contribution in [3.05, 3.63) is 0 Å². The maximum absolute atomic E-state index is 7.86. The third-order valence-electron chi connectivity index (χ3n) is 0.382. The van der Waals surface area contributed by atoms with Crippen LogP contribution in [0.1, 0.15) is 6.42 Å². The fraction of sp³-hybridized carbons (Fsp3) is 0.500. The van der Waals surface area contributed by atoms with E-state index in [0.29, 0.717) is 13.0 Å². The van der Waals surface area contributed by atoms with E-state index in [2.05, 4.69) is 11.7 Å². The molecule has 0 aliphatic heterocycles. The van der Waals surface area contributed by atoms with Crippen molar-refractivity contribution in [3.8, 4) is 6.07 Å². The van der Waals surface area contributed by atoms with Crippen LogP contribution in [0.2, 0.25) is 0 Å². The van der Waals surface area contributed by atoms with Crippen molar-refractivity contribution < 1.29 is 0 Å². The van der Waals surface area contributed by atoms with Gasteiger partial charge in [0.15, 0.2) is 0 Å². The average molecular weight is 82.1 g/mol. The number of hydrogen-bond acceptors (Lipinski definition) is 2. The largest absolute Gasteiger partial charge is 0.300 e. The Morgan fingerprint density at radius 2 is 2.50 bits per heavy atom. The molecule has 6 heavy (non-hydrogen) atoms. The van der Waals surface area contributed by atoms with Gasteiger partial charge < -0.3 is 0 Å². The average Bonchev–Trinajstić information content (AvgIpc) is 1.61. The molecule has 0 aliphatic carbocycles. The number of aliphatic imine (C=N–C) groups is 1. The molecule has 0 aliphatic rings. The molecule has 0 saturated carbocycles. The predicted molar refractivity (Wildman–Crippen MR) is 24.6 cm³/mol. The molecule has 0 saturated heterocycles. The van der Waals surface area contributed by atoms with Gasteiger partial charge in [-0.2, -0.15) is 5.26 Å². The third-order valence-corrected chi connectivity index (χ3v) is 0.382. The van der Waals surface area contributed by atoms with Crippen LogP contribution in [0.3, 0.4) is 0 Å². The van der Waals surface area contributed by atoms with E-state index in [0.717, 1.165) is 0 Å². The van der Waals surface area contributed by atoms with Crippen LogP contribution in [0.4, 0.5) is 0 Å². The lowest BCUT2D eigenvalue weighted by molar-refractivity contribution is 1.03. The normalized spacial score (nSPS) is 6.50. The first-order chi connectivity index (χ1) is 2.91. The van der Waals surface area contributed by atoms with Crippen LogP contribution < -0.4 is 0 Å². The molecule has 0 N–H and O–H groups in total. The van der Waals surface area contributed by atoms with Crippen LogP contribution in [0, 0.1) is 11.3 Å². The van der Waals surface area contributed by atoms with Gasteiger partial charge in [0, 0.05) is 0 Å². The van der Waals surface area contributed by atoms with Crippen molar-refractivity contribution in [2.45, 2.75) is 6.42 Å². The summed E-state index contributed by atoms with van der Waals surface area (Å²) in [5.74, 6) is 0. The second-order valence-electron chi connectivity index (χ2n) is 0.855. The molecule has 0 unspecified atom stereocenters. The topological polar surface area (TPSA) is 36.1 Å². The van der Waals surface area contributed by atoms with Crippen LogP contribution in [0.5, 0.6) is 0 Å². The molecular formula is C4H6N2. The fourth-order valence-corrected chi connectivity index (χ4v) is 0.129. The first-order valence-corrected chi connectivity index (χ1v) is 1.71. The molecule has 2 nitrogen and oxygen atoms in total. The highest BCUT2D eigenvalue weighted by Gasteiger charge is 1.69. The van der Waals surface area contributed by atoms with Crippen LogP contribution in [-0.2, 0) is 0 Å². The molecule has 0 atom stereocenters. The summed E-state index contributed by atoms with van der Waals surface area (Å²) >= 11 is 0. The zero-order chi connectivity index (χ0) is 4.83. The number of nitrogens with zero attached hydrogens (tertiary/aromatic N) is 2. The molecule has 0 fully saturated rings. The maximum Gasteiger partial charge on any atom is 0.0641 e. The Bertz CT molecular complexity index is 70.1. The van der Waals surface area contributed by atoms with Gasteiger partial charge in [-0.15, -0.1) is 0 Å². The van der Waals surface area contributed by atoms with E-state index >= 15 is 0 Å². The lowest BCUT2D eigenvalue weighted by atomic mass is 10.5. The van der Waals surface area contributed by atoms with Gasteiger partial charge in [0.1, 0.15) is 0 Å². The molecule has 0 rings (SSSR count). The van der Waals surface area contributed by atoms with E-state index in [1.54, 1.807) is 0 Å². The molecule has 0 radical (unpaired) electrons. The standard InChI is InChI=1S/C4H6N2/c1-6-4-2-3-5/h1-2,4H2. The first kappa shape index (κ1) is 5.16. The quantitative estimate of drug-likeness (QED) is 0.355. The molecule has 0 aromatic heterocycles. The van der Waals surface area contributed by atoms with Crippen LogP contribution in [-0.4, -0.2) is 13.3 Å². The lowest BCUT2D eigenvalue weighted by Gasteiger charge is -1.72. The second-order valence-corrected chi connectivity index (χ2v) is 0.855. The number of hydrogen-bond donors (Lipinski definition) is 0. The highest BCUT2D eigenvalue weighted by Crippen LogP contribution is 1.71. The van der Waals surface area contributed by atoms with Gasteiger partial charge in [0.2, 0.25) is 0 Å². The fourth-order valence-electron chi connectivity index (χ4n) is 0.129. The molecule has 0 bridgehead atoms. The Balaban J connectivity index is 2.72. The van der Waals surface area contributed by atoms with E-state index < -0.39 is 0 Å². The Labute approximate surface area is 37.1 Å². The van der Waals surface area contributed by atoms with Crippen molar-refractivity contribution in [1.29, 1.82) is 5.26 Å². The van der Waals surface area contributed by atoms with Crippen molar-refractivity contribution in [2.75, 3.05) is 6.54 Å². The van der Waals surface area contributed by atoms with Crippen molar-refractivity contribution in [1.82, 2.24) is 0 Å². The molecule has 0 aromatic rings. The molecule has 0 amide bonds. The highest BCUT2D eigenvalue weighted by molar-refractivity contribution is 5.23. The summed E-state index contributed by atoms with van der Waals surface area (Å²) in [6.45, 7) is 3.76. The Morgan fingerprint density at radius 3 is 2.67 bits per heavy atom. The number of nitriles is 1. The molecular weight excluding hydrogens is 76.1 g/mol. The van der Waals surface area contributed by atoms with E-state index in [1.807, 2.05) is 6.07 Å². The molecule has 0 heterocycles. The van der Waals surface area contributed by atoms with Crippen molar-refractivity contribution >= 4 is 6.72 Å². The summed E-state index contributed by atoms with van der Waals surface area (Å²) in [5, 5.41) is 7.86. The van der Waals surface area contributed by atoms with Gasteiger partial charge in [-0.1, -0.05) is 0 Å². The summed E-state index contributed by atoms with van der Waals surface area (Å²) < 4.78 is 0. The Hall–Kier alpha value is -0.840. The summed E-state index contributed by atoms with van der Waals surface area (Å²) in [7, 11) is 0. The molecule has 0 spiro atoms. The van der Waals surface area contributed by atoms with Gasteiger partial charge in [-0.05, 0) is 6.72 Å². The van der Waals surface area contributed by atoms with Gasteiger partial charge in [-0.3, -0.25) is 4.99 Å². The number of rotatable bonds is 2. The van der Waals surface area contributed by atoms with Crippen LogP contribution >= 0.6 is 0 Å². The van der Waals surface area contributed by atoms with Crippen molar-refractivity contribution in [2.24, 2.45) is 4.99 Å². The second kappa shape index (κ2) is 4.16. The Kier molecular flexibility index (Phi) is 3.58. The van der Waals surface area contributed by atoms with E-state index in [1.165, 1.54) is 0 Å². The monoisotopic (exact) mass is 82.1 g/mol.